The molecule has 0 radical (unpaired) electrons. The summed E-state index contributed by atoms with van der Waals surface area (Å²) in [6.07, 6.45) is 3.80. The van der Waals surface area contributed by atoms with Crippen LogP contribution in [0.3, 0.4) is 0 Å². The Labute approximate surface area is 199 Å². The smallest absolute Gasteiger partial charge is 0.243 e. The van der Waals surface area contributed by atoms with Gasteiger partial charge < -0.3 is 10.2 Å². The Kier molecular flexibility index (Phi) is 7.23. The van der Waals surface area contributed by atoms with Gasteiger partial charge in [-0.25, -0.2) is 13.1 Å². The molecule has 34 heavy (non-hydrogen) atoms. The molecule has 1 fully saturated rings. The molecule has 0 aliphatic carbocycles. The van der Waals surface area contributed by atoms with E-state index < -0.39 is 10.0 Å². The average Bonchev–Trinajstić information content (AvgIpc) is 3.55. The molecule has 1 aliphatic heterocycles. The van der Waals surface area contributed by atoms with Crippen LogP contribution in [0.25, 0.3) is 5.69 Å². The molecule has 1 saturated heterocycles. The van der Waals surface area contributed by atoms with Crippen LogP contribution >= 0.6 is 0 Å². The zero-order chi connectivity index (χ0) is 24.1. The van der Waals surface area contributed by atoms with Gasteiger partial charge in [0.1, 0.15) is 6.33 Å². The number of aromatic nitrogens is 4. The maximum absolute atomic E-state index is 13.1. The van der Waals surface area contributed by atoms with Crippen LogP contribution in [-0.4, -0.2) is 65.0 Å². The van der Waals surface area contributed by atoms with Gasteiger partial charge in [0.15, 0.2) is 0 Å². The summed E-state index contributed by atoms with van der Waals surface area (Å²) in [5.41, 5.74) is 2.98. The minimum Gasteiger partial charge on any atom is -0.370 e. The van der Waals surface area contributed by atoms with E-state index in [1.165, 1.54) is 15.3 Å². The Morgan fingerprint density at radius 2 is 1.76 bits per heavy atom. The van der Waals surface area contributed by atoms with Crippen LogP contribution in [0, 0.1) is 0 Å². The van der Waals surface area contributed by atoms with E-state index in [-0.39, 0.29) is 17.2 Å². The van der Waals surface area contributed by atoms with Gasteiger partial charge >= 0.3 is 0 Å². The number of anilines is 2. The fourth-order valence-electron chi connectivity index (χ4n) is 4.15. The monoisotopic (exact) mass is 483 g/mol. The van der Waals surface area contributed by atoms with E-state index in [1.54, 1.807) is 18.2 Å². The summed E-state index contributed by atoms with van der Waals surface area (Å²) in [4.78, 5) is 15.3. The fraction of sp³-hybridized carbons (Fsp3) is 0.391. The molecule has 0 saturated carbocycles. The summed E-state index contributed by atoms with van der Waals surface area (Å²) in [6.45, 7) is 6.15. The zero-order valence-corrected chi connectivity index (χ0v) is 20.2. The number of nitrogens with zero attached hydrogens (tertiary/aromatic N) is 6. The molecule has 0 spiro atoms. The van der Waals surface area contributed by atoms with Gasteiger partial charge in [-0.2, -0.15) is 4.31 Å². The van der Waals surface area contributed by atoms with Gasteiger partial charge in [0, 0.05) is 26.2 Å². The molecule has 11 heteroatoms. The first-order chi connectivity index (χ1) is 16.4. The predicted molar refractivity (Wildman–Crippen MR) is 129 cm³/mol. The standard InChI is InChI=1S/C23H29N7O3S/c1-3-29(4-2)34(32,33)20-11-12-22(28-13-5-6-14-28)21(16-20)25-23(31)15-18-7-9-19(10-8-18)30-17-24-26-27-30/h7-12,16-17H,3-6,13-15H2,1-2H3,(H,25,31). The lowest BCUT2D eigenvalue weighted by Crippen LogP contribution is -2.31. The van der Waals surface area contributed by atoms with E-state index in [4.69, 9.17) is 0 Å². The van der Waals surface area contributed by atoms with Gasteiger partial charge in [-0.05, 0) is 59.2 Å². The third-order valence-electron chi connectivity index (χ3n) is 5.95. The molecular formula is C23H29N7O3S. The van der Waals surface area contributed by atoms with Crippen molar-refractivity contribution >= 4 is 27.3 Å². The molecule has 0 bridgehead atoms. The largest absolute Gasteiger partial charge is 0.370 e. The van der Waals surface area contributed by atoms with Gasteiger partial charge in [0.05, 0.1) is 28.4 Å². The quantitative estimate of drug-likeness (QED) is 0.497. The summed E-state index contributed by atoms with van der Waals surface area (Å²) in [5, 5.41) is 14.1. The first-order valence-electron chi connectivity index (χ1n) is 11.4. The lowest BCUT2D eigenvalue weighted by molar-refractivity contribution is -0.115. The van der Waals surface area contributed by atoms with Crippen LogP contribution < -0.4 is 10.2 Å². The van der Waals surface area contributed by atoms with Gasteiger partial charge in [-0.15, -0.1) is 5.10 Å². The van der Waals surface area contributed by atoms with E-state index in [0.29, 0.717) is 18.8 Å². The highest BCUT2D eigenvalue weighted by atomic mass is 32.2. The van der Waals surface area contributed by atoms with Gasteiger partial charge in [0.25, 0.3) is 0 Å². The number of hydrogen-bond donors (Lipinski definition) is 1. The van der Waals surface area contributed by atoms with Crippen LogP contribution in [-0.2, 0) is 21.2 Å². The number of carbonyl (C=O) groups is 1. The number of amides is 1. The summed E-state index contributed by atoms with van der Waals surface area (Å²) in [6, 6.07) is 12.4. The summed E-state index contributed by atoms with van der Waals surface area (Å²) < 4.78 is 29.1. The molecule has 1 N–H and O–H groups in total. The number of rotatable bonds is 9. The van der Waals surface area contributed by atoms with Crippen molar-refractivity contribution in [3.05, 3.63) is 54.4 Å². The molecule has 3 aromatic rings. The third-order valence-corrected chi connectivity index (χ3v) is 7.99. The molecule has 0 unspecified atom stereocenters. The van der Waals surface area contributed by atoms with Gasteiger partial charge in [0.2, 0.25) is 15.9 Å². The highest BCUT2D eigenvalue weighted by Crippen LogP contribution is 2.32. The van der Waals surface area contributed by atoms with Crippen molar-refractivity contribution in [1.29, 1.82) is 0 Å². The number of hydrogen-bond acceptors (Lipinski definition) is 7. The maximum atomic E-state index is 13.1. The predicted octanol–water partition coefficient (Wildman–Crippen LogP) is 2.47. The second-order valence-corrected chi connectivity index (χ2v) is 10.0. The van der Waals surface area contributed by atoms with Crippen molar-refractivity contribution in [2.45, 2.75) is 38.0 Å². The first kappa shape index (κ1) is 23.8. The van der Waals surface area contributed by atoms with E-state index in [9.17, 15) is 13.2 Å². The van der Waals surface area contributed by atoms with E-state index in [2.05, 4.69) is 25.7 Å². The molecule has 1 aliphatic rings. The molecule has 180 valence electrons. The highest BCUT2D eigenvalue weighted by Gasteiger charge is 2.25. The van der Waals surface area contributed by atoms with Crippen LogP contribution in [0.2, 0.25) is 0 Å². The minimum absolute atomic E-state index is 0.155. The number of nitrogens with one attached hydrogen (secondary N) is 1. The lowest BCUT2D eigenvalue weighted by Gasteiger charge is -2.24. The molecular weight excluding hydrogens is 454 g/mol. The highest BCUT2D eigenvalue weighted by molar-refractivity contribution is 7.89. The molecule has 0 atom stereocenters. The van der Waals surface area contributed by atoms with Gasteiger partial charge in [-0.3, -0.25) is 4.79 Å². The number of sulfonamides is 1. The third kappa shape index (κ3) is 5.10. The van der Waals surface area contributed by atoms with E-state index >= 15 is 0 Å². The second kappa shape index (κ2) is 10.3. The fourth-order valence-corrected chi connectivity index (χ4v) is 5.63. The van der Waals surface area contributed by atoms with Crippen molar-refractivity contribution < 1.29 is 13.2 Å². The summed E-state index contributed by atoms with van der Waals surface area (Å²) in [5.74, 6) is -0.215. The Balaban J connectivity index is 1.56. The Morgan fingerprint density at radius 3 is 2.38 bits per heavy atom. The van der Waals surface area contributed by atoms with Crippen molar-refractivity contribution in [3.8, 4) is 5.69 Å². The van der Waals surface area contributed by atoms with Crippen LogP contribution in [0.1, 0.15) is 32.3 Å². The number of benzene rings is 2. The zero-order valence-electron chi connectivity index (χ0n) is 19.4. The normalized spacial score (nSPS) is 14.0. The molecule has 1 amide bonds. The molecule has 10 nitrogen and oxygen atoms in total. The summed E-state index contributed by atoms with van der Waals surface area (Å²) >= 11 is 0. The first-order valence-corrected chi connectivity index (χ1v) is 12.9. The van der Waals surface area contributed by atoms with Crippen LogP contribution in [0.15, 0.2) is 53.7 Å². The molecule has 2 aromatic carbocycles. The Bertz CT molecular complexity index is 1220. The lowest BCUT2D eigenvalue weighted by atomic mass is 10.1. The van der Waals surface area contributed by atoms with Crippen molar-refractivity contribution in [2.24, 2.45) is 0 Å². The molecule has 4 rings (SSSR count). The van der Waals surface area contributed by atoms with Crippen molar-refractivity contribution in [3.63, 3.8) is 0 Å². The van der Waals surface area contributed by atoms with Crippen molar-refractivity contribution in [1.82, 2.24) is 24.5 Å². The van der Waals surface area contributed by atoms with Crippen molar-refractivity contribution in [2.75, 3.05) is 36.4 Å². The summed E-state index contributed by atoms with van der Waals surface area (Å²) in [7, 11) is -3.64. The SMILES string of the molecule is CCN(CC)S(=O)(=O)c1ccc(N2CCCC2)c(NC(=O)Cc2ccc(-n3cnnn3)cc2)c1. The van der Waals surface area contributed by atoms with Crippen LogP contribution in [0.4, 0.5) is 11.4 Å². The number of carbonyl (C=O) groups excluding carboxylic acids is 1. The number of tetrazole rings is 1. The molecule has 2 heterocycles. The minimum atomic E-state index is -3.64. The maximum Gasteiger partial charge on any atom is 0.243 e. The van der Waals surface area contributed by atoms with Gasteiger partial charge in [-0.1, -0.05) is 26.0 Å². The topological polar surface area (TPSA) is 113 Å². The molecule has 1 aromatic heterocycles. The second-order valence-electron chi connectivity index (χ2n) is 8.11. The van der Waals surface area contributed by atoms with E-state index in [1.807, 2.05) is 38.1 Å². The van der Waals surface area contributed by atoms with E-state index in [0.717, 1.165) is 42.9 Å². The Hall–Kier alpha value is -3.31. The Morgan fingerprint density at radius 1 is 1.06 bits per heavy atom. The average molecular weight is 484 g/mol. The van der Waals surface area contributed by atoms with Crippen LogP contribution in [0.5, 0.6) is 0 Å².